The van der Waals surface area contributed by atoms with Gasteiger partial charge in [0, 0.05) is 0 Å². The predicted octanol–water partition coefficient (Wildman–Crippen LogP) is 11.4. The summed E-state index contributed by atoms with van der Waals surface area (Å²) in [6, 6.07) is 57.1. The van der Waals surface area contributed by atoms with Crippen LogP contribution in [0.25, 0.3) is 75.4 Å². The van der Waals surface area contributed by atoms with Crippen molar-refractivity contribution in [2.24, 2.45) is 0 Å². The zero-order valence-corrected chi connectivity index (χ0v) is 22.0. The third-order valence-electron chi connectivity index (χ3n) is 8.09. The van der Waals surface area contributed by atoms with E-state index in [1.165, 1.54) is 75.4 Å². The van der Waals surface area contributed by atoms with Gasteiger partial charge in [0.15, 0.2) is 0 Å². The highest BCUT2D eigenvalue weighted by atomic mass is 14.1. The Balaban J connectivity index is 0.000000125. The van der Waals surface area contributed by atoms with Crippen LogP contribution in [0, 0.1) is 0 Å². The first-order valence-electron chi connectivity index (χ1n) is 13.8. The molecule has 0 amide bonds. The first-order chi connectivity index (χ1) is 19.8. The molecule has 0 radical (unpaired) electrons. The van der Waals surface area contributed by atoms with Gasteiger partial charge in [0.25, 0.3) is 0 Å². The highest BCUT2D eigenvalue weighted by molar-refractivity contribution is 6.08. The zero-order chi connectivity index (χ0) is 26.5. The molecule has 0 atom stereocenters. The number of hydrogen-bond acceptors (Lipinski definition) is 0. The van der Waals surface area contributed by atoms with E-state index in [4.69, 9.17) is 0 Å². The van der Waals surface area contributed by atoms with Crippen molar-refractivity contribution in [1.82, 2.24) is 0 Å². The third-order valence-corrected chi connectivity index (χ3v) is 8.09. The van der Waals surface area contributed by atoms with Crippen LogP contribution in [0.1, 0.15) is 0 Å². The van der Waals surface area contributed by atoms with Crippen LogP contribution in [0.4, 0.5) is 0 Å². The summed E-state index contributed by atoms with van der Waals surface area (Å²) in [5.74, 6) is 0. The fourth-order valence-electron chi connectivity index (χ4n) is 6.02. The molecular formula is C40H26. The summed E-state index contributed by atoms with van der Waals surface area (Å²) in [6.07, 6.45) is 0. The first-order valence-corrected chi connectivity index (χ1v) is 13.8. The van der Waals surface area contributed by atoms with E-state index in [-0.39, 0.29) is 0 Å². The minimum atomic E-state index is 1.30. The van der Waals surface area contributed by atoms with Gasteiger partial charge in [-0.05, 0) is 136 Å². The summed E-state index contributed by atoms with van der Waals surface area (Å²) in [6.45, 7) is 0. The van der Waals surface area contributed by atoms with Crippen molar-refractivity contribution in [2.45, 2.75) is 0 Å². The summed E-state index contributed by atoms with van der Waals surface area (Å²) < 4.78 is 0. The van der Waals surface area contributed by atoms with E-state index < -0.39 is 0 Å². The largest absolute Gasteiger partial charge is 0.0616 e. The lowest BCUT2D eigenvalue weighted by Crippen LogP contribution is -1.80. The molecule has 0 spiro atoms. The monoisotopic (exact) mass is 506 g/mol. The average Bonchev–Trinajstić information content (AvgIpc) is 3.00. The molecule has 0 aromatic heterocycles. The Bertz CT molecular complexity index is 2050. The van der Waals surface area contributed by atoms with E-state index in [0.29, 0.717) is 0 Å². The van der Waals surface area contributed by atoms with E-state index in [1.54, 1.807) is 0 Å². The van der Waals surface area contributed by atoms with Crippen molar-refractivity contribution in [1.29, 1.82) is 0 Å². The molecule has 0 saturated carbocycles. The minimum absolute atomic E-state index is 1.30. The summed E-state index contributed by atoms with van der Waals surface area (Å²) >= 11 is 0. The lowest BCUT2D eigenvalue weighted by Gasteiger charge is -2.07. The van der Waals surface area contributed by atoms with Crippen LogP contribution in [-0.4, -0.2) is 0 Å². The normalized spacial score (nSPS) is 11.5. The highest BCUT2D eigenvalue weighted by Gasteiger charge is 2.03. The Kier molecular flexibility index (Phi) is 5.24. The van der Waals surface area contributed by atoms with Crippen LogP contribution in [0.5, 0.6) is 0 Å². The Morgan fingerprint density at radius 3 is 0.425 bits per heavy atom. The van der Waals surface area contributed by atoms with Crippen LogP contribution in [0.3, 0.4) is 0 Å². The first kappa shape index (κ1) is 22.8. The highest BCUT2D eigenvalue weighted by Crippen LogP contribution is 2.30. The van der Waals surface area contributed by atoms with Crippen molar-refractivity contribution in [3.8, 4) is 0 Å². The van der Waals surface area contributed by atoms with Crippen molar-refractivity contribution in [2.75, 3.05) is 0 Å². The maximum Gasteiger partial charge on any atom is -0.0171 e. The van der Waals surface area contributed by atoms with Gasteiger partial charge in [-0.1, -0.05) is 97.1 Å². The maximum absolute atomic E-state index is 2.31. The second kappa shape index (κ2) is 9.22. The number of benzene rings is 9. The SMILES string of the molecule is c1ccc2cc3cc4cc5ccccc5cc4cc3cc2c1.c1ccc2cc3cc4ccccc4cc3cc2c1. The fraction of sp³-hybridized carbons (Fsp3) is 0. The summed E-state index contributed by atoms with van der Waals surface area (Å²) in [5, 5.41) is 18.3. The second-order valence-electron chi connectivity index (χ2n) is 10.7. The van der Waals surface area contributed by atoms with Crippen molar-refractivity contribution in [3.63, 3.8) is 0 Å². The smallest absolute Gasteiger partial charge is 0.0171 e. The Labute approximate surface area is 232 Å². The molecule has 9 aromatic carbocycles. The molecule has 0 aliphatic carbocycles. The van der Waals surface area contributed by atoms with Gasteiger partial charge in [-0.25, -0.2) is 0 Å². The molecule has 0 N–H and O–H groups in total. The molecule has 0 bridgehead atoms. The van der Waals surface area contributed by atoms with Crippen LogP contribution >= 0.6 is 0 Å². The van der Waals surface area contributed by atoms with Crippen LogP contribution in [0.2, 0.25) is 0 Å². The number of rotatable bonds is 0. The lowest BCUT2D eigenvalue weighted by molar-refractivity contribution is 1.77. The molecule has 0 aliphatic rings. The van der Waals surface area contributed by atoms with Crippen LogP contribution in [-0.2, 0) is 0 Å². The lowest BCUT2D eigenvalue weighted by atomic mass is 9.97. The molecule has 9 aromatic rings. The van der Waals surface area contributed by atoms with Crippen molar-refractivity contribution in [3.05, 3.63) is 158 Å². The molecule has 186 valence electrons. The number of fused-ring (bicyclic) bond motifs is 7. The van der Waals surface area contributed by atoms with Gasteiger partial charge in [-0.2, -0.15) is 0 Å². The summed E-state index contributed by atoms with van der Waals surface area (Å²) in [5.41, 5.74) is 0. The van der Waals surface area contributed by atoms with Gasteiger partial charge in [0.05, 0.1) is 0 Å². The molecule has 0 unspecified atom stereocenters. The molecule has 40 heavy (non-hydrogen) atoms. The van der Waals surface area contributed by atoms with Gasteiger partial charge < -0.3 is 0 Å². The van der Waals surface area contributed by atoms with Gasteiger partial charge in [0.2, 0.25) is 0 Å². The van der Waals surface area contributed by atoms with E-state index in [0.717, 1.165) is 0 Å². The van der Waals surface area contributed by atoms with Gasteiger partial charge in [-0.15, -0.1) is 0 Å². The number of hydrogen-bond donors (Lipinski definition) is 0. The standard InChI is InChI=1S/C22H14.C18H12/c1-2-6-16-10-20-14-22-12-18-8-4-3-7-17(18)11-21(22)13-19(20)9-15(16)5-1;1-2-6-14-10-18-12-16-8-4-3-7-15(16)11-17(18)9-13(14)5-1/h1-14H;1-12H. The molecule has 0 nitrogen and oxygen atoms in total. The Morgan fingerprint density at radius 1 is 0.150 bits per heavy atom. The van der Waals surface area contributed by atoms with E-state index in [2.05, 4.69) is 158 Å². The summed E-state index contributed by atoms with van der Waals surface area (Å²) in [4.78, 5) is 0. The van der Waals surface area contributed by atoms with E-state index in [1.807, 2.05) is 0 Å². The fourth-order valence-corrected chi connectivity index (χ4v) is 6.02. The molecule has 9 rings (SSSR count). The summed E-state index contributed by atoms with van der Waals surface area (Å²) in [7, 11) is 0. The van der Waals surface area contributed by atoms with Gasteiger partial charge in [-0.3, -0.25) is 0 Å². The molecular weight excluding hydrogens is 480 g/mol. The molecule has 0 aliphatic heterocycles. The van der Waals surface area contributed by atoms with Crippen molar-refractivity contribution < 1.29 is 0 Å². The van der Waals surface area contributed by atoms with E-state index >= 15 is 0 Å². The molecule has 0 fully saturated rings. The van der Waals surface area contributed by atoms with Crippen LogP contribution < -0.4 is 0 Å². The van der Waals surface area contributed by atoms with E-state index in [9.17, 15) is 0 Å². The Morgan fingerprint density at radius 2 is 0.275 bits per heavy atom. The predicted molar refractivity (Wildman–Crippen MR) is 175 cm³/mol. The third kappa shape index (κ3) is 4.02. The zero-order valence-electron chi connectivity index (χ0n) is 22.0. The van der Waals surface area contributed by atoms with Gasteiger partial charge >= 0.3 is 0 Å². The maximum atomic E-state index is 2.31. The second-order valence-corrected chi connectivity index (χ2v) is 10.7. The van der Waals surface area contributed by atoms with Crippen LogP contribution in [0.15, 0.2) is 158 Å². The molecule has 0 heterocycles. The molecule has 0 heteroatoms. The van der Waals surface area contributed by atoms with Crippen molar-refractivity contribution >= 4 is 75.4 Å². The Hall–Kier alpha value is -5.20. The topological polar surface area (TPSA) is 0 Å². The average molecular weight is 507 g/mol. The molecule has 0 saturated heterocycles. The van der Waals surface area contributed by atoms with Gasteiger partial charge in [0.1, 0.15) is 0 Å². The minimum Gasteiger partial charge on any atom is -0.0616 e. The quantitative estimate of drug-likeness (QED) is 0.179.